The molecule has 0 atom stereocenters. The van der Waals surface area contributed by atoms with Crippen LogP contribution in [0.3, 0.4) is 0 Å². The van der Waals surface area contributed by atoms with E-state index in [2.05, 4.69) is 10.3 Å². The lowest BCUT2D eigenvalue weighted by Gasteiger charge is -2.09. The van der Waals surface area contributed by atoms with Gasteiger partial charge in [-0.15, -0.1) is 0 Å². The van der Waals surface area contributed by atoms with E-state index in [9.17, 15) is 9.59 Å². The fraction of sp³-hybridized carbons (Fsp3) is 0.0625. The molecule has 0 aliphatic carbocycles. The fourth-order valence-electron chi connectivity index (χ4n) is 2.01. The number of anilines is 1. The molecule has 23 heavy (non-hydrogen) atoms. The fourth-order valence-corrected chi connectivity index (χ4v) is 2.18. The van der Waals surface area contributed by atoms with Crippen LogP contribution in [0, 0.1) is 6.92 Å². The standard InChI is InChI=1S/C16H12ClN3O3/c1-10-4-5-11(9-12(10)17)20-7-6-18-14(16(20)22)19-15(21)13-3-2-8-23-13/h2-9H,1H3,(H,18,19,21). The minimum Gasteiger partial charge on any atom is -0.459 e. The van der Waals surface area contributed by atoms with Crippen LogP contribution in [0.2, 0.25) is 5.02 Å². The number of furan rings is 1. The molecule has 6 nitrogen and oxygen atoms in total. The quantitative estimate of drug-likeness (QED) is 0.801. The highest BCUT2D eigenvalue weighted by Gasteiger charge is 2.13. The summed E-state index contributed by atoms with van der Waals surface area (Å²) in [6, 6.07) is 8.33. The number of hydrogen-bond acceptors (Lipinski definition) is 4. The number of carbonyl (C=O) groups excluding carboxylic acids is 1. The Morgan fingerprint density at radius 3 is 2.87 bits per heavy atom. The molecule has 1 amide bonds. The Bertz CT molecular complexity index is 917. The van der Waals surface area contributed by atoms with E-state index < -0.39 is 11.5 Å². The van der Waals surface area contributed by atoms with Crippen molar-refractivity contribution in [2.75, 3.05) is 5.32 Å². The molecule has 7 heteroatoms. The average molecular weight is 330 g/mol. The van der Waals surface area contributed by atoms with E-state index in [-0.39, 0.29) is 11.6 Å². The minimum absolute atomic E-state index is 0.0920. The summed E-state index contributed by atoms with van der Waals surface area (Å²) in [5.74, 6) is -0.537. The zero-order valence-electron chi connectivity index (χ0n) is 12.1. The molecule has 0 saturated heterocycles. The van der Waals surface area contributed by atoms with Crippen molar-refractivity contribution in [3.05, 3.63) is 75.7 Å². The number of aryl methyl sites for hydroxylation is 1. The molecule has 0 saturated carbocycles. The normalized spacial score (nSPS) is 10.5. The van der Waals surface area contributed by atoms with Crippen LogP contribution >= 0.6 is 11.6 Å². The Morgan fingerprint density at radius 1 is 1.35 bits per heavy atom. The first kappa shape index (κ1) is 15.1. The van der Waals surface area contributed by atoms with E-state index in [1.54, 1.807) is 18.2 Å². The molecule has 0 unspecified atom stereocenters. The van der Waals surface area contributed by atoms with Gasteiger partial charge in [0.15, 0.2) is 11.6 Å². The number of carbonyl (C=O) groups is 1. The summed E-state index contributed by atoms with van der Waals surface area (Å²) >= 11 is 6.09. The molecule has 116 valence electrons. The summed E-state index contributed by atoms with van der Waals surface area (Å²) in [6.45, 7) is 1.87. The van der Waals surface area contributed by atoms with Crippen molar-refractivity contribution < 1.29 is 9.21 Å². The van der Waals surface area contributed by atoms with Gasteiger partial charge in [-0.25, -0.2) is 4.98 Å². The predicted molar refractivity (Wildman–Crippen MR) is 86.2 cm³/mol. The van der Waals surface area contributed by atoms with Crippen molar-refractivity contribution in [1.29, 1.82) is 0 Å². The third-order valence-corrected chi connectivity index (χ3v) is 3.66. The van der Waals surface area contributed by atoms with Crippen molar-refractivity contribution in [1.82, 2.24) is 9.55 Å². The van der Waals surface area contributed by atoms with Crippen LogP contribution in [0.4, 0.5) is 5.82 Å². The first-order valence-corrected chi connectivity index (χ1v) is 7.13. The van der Waals surface area contributed by atoms with Crippen molar-refractivity contribution in [2.24, 2.45) is 0 Å². The maximum absolute atomic E-state index is 12.5. The number of aromatic nitrogens is 2. The maximum atomic E-state index is 12.5. The molecule has 1 aromatic carbocycles. The van der Waals surface area contributed by atoms with Gasteiger partial charge >= 0.3 is 0 Å². The summed E-state index contributed by atoms with van der Waals surface area (Å²) < 4.78 is 6.34. The van der Waals surface area contributed by atoms with Crippen molar-refractivity contribution in [2.45, 2.75) is 6.92 Å². The molecule has 1 N–H and O–H groups in total. The maximum Gasteiger partial charge on any atom is 0.298 e. The lowest BCUT2D eigenvalue weighted by atomic mass is 10.2. The van der Waals surface area contributed by atoms with Gasteiger partial charge in [-0.3, -0.25) is 19.5 Å². The molecular weight excluding hydrogens is 318 g/mol. The Morgan fingerprint density at radius 2 is 2.17 bits per heavy atom. The topological polar surface area (TPSA) is 77.1 Å². The van der Waals surface area contributed by atoms with E-state index in [4.69, 9.17) is 16.0 Å². The highest BCUT2D eigenvalue weighted by atomic mass is 35.5. The molecule has 0 aliphatic heterocycles. The number of hydrogen-bond donors (Lipinski definition) is 1. The molecular formula is C16H12ClN3O3. The Hall–Kier alpha value is -2.86. The van der Waals surface area contributed by atoms with Crippen LogP contribution in [-0.4, -0.2) is 15.5 Å². The molecule has 0 radical (unpaired) electrons. The number of halogens is 1. The van der Waals surface area contributed by atoms with E-state index in [0.717, 1.165) is 5.56 Å². The van der Waals surface area contributed by atoms with Crippen LogP contribution < -0.4 is 10.9 Å². The van der Waals surface area contributed by atoms with Gasteiger partial charge in [-0.05, 0) is 36.8 Å². The Kier molecular flexibility index (Phi) is 3.99. The number of amides is 1. The van der Waals surface area contributed by atoms with E-state index >= 15 is 0 Å². The average Bonchev–Trinajstić information content (AvgIpc) is 3.07. The van der Waals surface area contributed by atoms with Crippen molar-refractivity contribution in [3.63, 3.8) is 0 Å². The van der Waals surface area contributed by atoms with Crippen LogP contribution in [-0.2, 0) is 0 Å². The second-order valence-electron chi connectivity index (χ2n) is 4.82. The lowest BCUT2D eigenvalue weighted by Crippen LogP contribution is -2.25. The summed E-state index contributed by atoms with van der Waals surface area (Å²) in [6.07, 6.45) is 4.30. The van der Waals surface area contributed by atoms with Gasteiger partial charge in [-0.1, -0.05) is 17.7 Å². The predicted octanol–water partition coefficient (Wildman–Crippen LogP) is 3.04. The van der Waals surface area contributed by atoms with Gasteiger partial charge in [0.1, 0.15) is 0 Å². The molecule has 3 rings (SSSR count). The largest absolute Gasteiger partial charge is 0.459 e. The van der Waals surface area contributed by atoms with Gasteiger partial charge in [-0.2, -0.15) is 0 Å². The van der Waals surface area contributed by atoms with Crippen LogP contribution in [0.1, 0.15) is 16.1 Å². The third-order valence-electron chi connectivity index (χ3n) is 3.25. The first-order chi connectivity index (χ1) is 11.1. The lowest BCUT2D eigenvalue weighted by molar-refractivity contribution is 0.0996. The van der Waals surface area contributed by atoms with Crippen LogP contribution in [0.5, 0.6) is 0 Å². The van der Waals surface area contributed by atoms with Crippen molar-refractivity contribution >= 4 is 23.3 Å². The van der Waals surface area contributed by atoms with E-state index in [1.807, 2.05) is 13.0 Å². The zero-order chi connectivity index (χ0) is 16.4. The summed E-state index contributed by atoms with van der Waals surface area (Å²) in [4.78, 5) is 28.4. The van der Waals surface area contributed by atoms with Gasteiger partial charge in [0, 0.05) is 17.4 Å². The zero-order valence-corrected chi connectivity index (χ0v) is 12.9. The number of nitrogens with zero attached hydrogens (tertiary/aromatic N) is 2. The molecule has 0 aliphatic rings. The third kappa shape index (κ3) is 3.02. The Balaban J connectivity index is 1.97. The summed E-state index contributed by atoms with van der Waals surface area (Å²) in [5, 5.41) is 2.99. The smallest absolute Gasteiger partial charge is 0.298 e. The molecule has 0 fully saturated rings. The van der Waals surface area contributed by atoms with E-state index in [1.165, 1.54) is 29.3 Å². The molecule has 2 aromatic heterocycles. The van der Waals surface area contributed by atoms with E-state index in [0.29, 0.717) is 10.7 Å². The van der Waals surface area contributed by atoms with Crippen LogP contribution in [0.15, 0.2) is 58.2 Å². The first-order valence-electron chi connectivity index (χ1n) is 6.75. The minimum atomic E-state index is -0.542. The van der Waals surface area contributed by atoms with Gasteiger partial charge < -0.3 is 4.42 Å². The molecule has 2 heterocycles. The summed E-state index contributed by atoms with van der Waals surface area (Å²) in [5.41, 5.74) is 1.03. The highest BCUT2D eigenvalue weighted by molar-refractivity contribution is 6.31. The molecule has 0 spiro atoms. The second kappa shape index (κ2) is 6.10. The highest BCUT2D eigenvalue weighted by Crippen LogP contribution is 2.18. The van der Waals surface area contributed by atoms with Gasteiger partial charge in [0.05, 0.1) is 12.0 Å². The Labute approximate surface area is 136 Å². The van der Waals surface area contributed by atoms with Gasteiger partial charge in [0.25, 0.3) is 11.5 Å². The SMILES string of the molecule is Cc1ccc(-n2ccnc(NC(=O)c3ccco3)c2=O)cc1Cl. The number of rotatable bonds is 3. The van der Waals surface area contributed by atoms with Gasteiger partial charge in [0.2, 0.25) is 0 Å². The number of benzene rings is 1. The second-order valence-corrected chi connectivity index (χ2v) is 5.22. The molecule has 3 aromatic rings. The van der Waals surface area contributed by atoms with Crippen molar-refractivity contribution in [3.8, 4) is 5.69 Å². The number of nitrogens with one attached hydrogen (secondary N) is 1. The van der Waals surface area contributed by atoms with Crippen LogP contribution in [0.25, 0.3) is 5.69 Å². The summed E-state index contributed by atoms with van der Waals surface area (Å²) in [7, 11) is 0. The monoisotopic (exact) mass is 329 g/mol. The molecule has 0 bridgehead atoms.